The minimum Gasteiger partial charge on any atom is -0.481 e. The first-order valence-corrected chi connectivity index (χ1v) is 6.55. The van der Waals surface area contributed by atoms with Gasteiger partial charge in [0.15, 0.2) is 5.78 Å². The molecule has 0 aromatic heterocycles. The van der Waals surface area contributed by atoms with Crippen molar-refractivity contribution in [1.82, 2.24) is 0 Å². The van der Waals surface area contributed by atoms with Crippen molar-refractivity contribution in [3.05, 3.63) is 70.8 Å². The van der Waals surface area contributed by atoms with Crippen LogP contribution in [0.5, 0.6) is 0 Å². The van der Waals surface area contributed by atoms with Crippen molar-refractivity contribution in [2.45, 2.75) is 19.8 Å². The lowest BCUT2D eigenvalue weighted by atomic mass is 9.94. The van der Waals surface area contributed by atoms with Crippen LogP contribution < -0.4 is 0 Å². The molecule has 0 aliphatic rings. The van der Waals surface area contributed by atoms with Crippen molar-refractivity contribution in [2.24, 2.45) is 0 Å². The molecule has 0 saturated heterocycles. The summed E-state index contributed by atoms with van der Waals surface area (Å²) in [5.41, 5.74) is 2.80. The molecule has 0 heterocycles. The third-order valence-corrected chi connectivity index (χ3v) is 3.19. The smallest absolute Gasteiger partial charge is 0.307 e. The quantitative estimate of drug-likeness (QED) is 0.848. The maximum atomic E-state index is 12.5. The summed E-state index contributed by atoms with van der Waals surface area (Å²) in [6.07, 6.45) is 0.667. The van der Waals surface area contributed by atoms with E-state index >= 15 is 0 Å². The number of hydrogen-bond donors (Lipinski definition) is 1. The molecule has 2 rings (SSSR count). The number of aliphatic carboxylic acids is 1. The van der Waals surface area contributed by atoms with E-state index in [0.717, 1.165) is 12.0 Å². The first-order valence-electron chi connectivity index (χ1n) is 6.55. The molecule has 0 bridgehead atoms. The molecule has 0 radical (unpaired) electrons. The van der Waals surface area contributed by atoms with Gasteiger partial charge in [0.05, 0.1) is 6.42 Å². The van der Waals surface area contributed by atoms with Gasteiger partial charge in [-0.05, 0) is 23.6 Å². The van der Waals surface area contributed by atoms with E-state index in [0.29, 0.717) is 16.7 Å². The number of carboxylic acids is 1. The molecule has 2 aromatic carbocycles. The lowest BCUT2D eigenvalue weighted by molar-refractivity contribution is -0.136. The third-order valence-electron chi connectivity index (χ3n) is 3.19. The molecular formula is C17H16O3. The van der Waals surface area contributed by atoms with Crippen LogP contribution >= 0.6 is 0 Å². The first-order chi connectivity index (χ1) is 9.61. The second kappa shape index (κ2) is 6.15. The van der Waals surface area contributed by atoms with Crippen LogP contribution in [0, 0.1) is 0 Å². The van der Waals surface area contributed by atoms with Gasteiger partial charge in [0.25, 0.3) is 0 Å². The van der Waals surface area contributed by atoms with E-state index in [1.807, 2.05) is 31.2 Å². The number of aryl methyl sites for hydroxylation is 1. The summed E-state index contributed by atoms with van der Waals surface area (Å²) in [5.74, 6) is -0.956. The standard InChI is InChI=1S/C17H16O3/c1-2-13-9-8-12(11-16(18)19)10-15(13)17(20)14-6-4-3-5-7-14/h3-10H,2,11H2,1H3,(H,18,19). The number of ketones is 1. The van der Waals surface area contributed by atoms with Crippen LogP contribution in [-0.4, -0.2) is 16.9 Å². The van der Waals surface area contributed by atoms with Gasteiger partial charge in [0, 0.05) is 11.1 Å². The van der Waals surface area contributed by atoms with Gasteiger partial charge in [-0.3, -0.25) is 9.59 Å². The molecule has 0 unspecified atom stereocenters. The predicted octanol–water partition coefficient (Wildman–Crippen LogP) is 3.11. The second-order valence-corrected chi connectivity index (χ2v) is 4.61. The summed E-state index contributed by atoms with van der Waals surface area (Å²) >= 11 is 0. The molecule has 20 heavy (non-hydrogen) atoms. The highest BCUT2D eigenvalue weighted by Crippen LogP contribution is 2.18. The van der Waals surface area contributed by atoms with Crippen LogP contribution in [0.3, 0.4) is 0 Å². The Kier molecular flexibility index (Phi) is 4.31. The Morgan fingerprint density at radius 2 is 1.75 bits per heavy atom. The first kappa shape index (κ1) is 14.0. The third kappa shape index (κ3) is 3.12. The summed E-state index contributed by atoms with van der Waals surface area (Å²) in [7, 11) is 0. The summed E-state index contributed by atoms with van der Waals surface area (Å²) in [4.78, 5) is 23.3. The van der Waals surface area contributed by atoms with Crippen molar-refractivity contribution in [1.29, 1.82) is 0 Å². The van der Waals surface area contributed by atoms with Gasteiger partial charge in [-0.15, -0.1) is 0 Å². The number of hydrogen-bond acceptors (Lipinski definition) is 2. The van der Waals surface area contributed by atoms with Gasteiger partial charge in [-0.2, -0.15) is 0 Å². The van der Waals surface area contributed by atoms with E-state index in [2.05, 4.69) is 0 Å². The Morgan fingerprint density at radius 1 is 1.05 bits per heavy atom. The van der Waals surface area contributed by atoms with Crippen LogP contribution in [0.15, 0.2) is 48.5 Å². The topological polar surface area (TPSA) is 54.4 Å². The van der Waals surface area contributed by atoms with E-state index in [9.17, 15) is 9.59 Å². The van der Waals surface area contributed by atoms with Crippen molar-refractivity contribution >= 4 is 11.8 Å². The number of carbonyl (C=O) groups is 2. The minimum absolute atomic E-state index is 0.0605. The minimum atomic E-state index is -0.896. The largest absolute Gasteiger partial charge is 0.481 e. The van der Waals surface area contributed by atoms with E-state index < -0.39 is 5.97 Å². The zero-order chi connectivity index (χ0) is 14.5. The van der Waals surface area contributed by atoms with Crippen molar-refractivity contribution < 1.29 is 14.7 Å². The van der Waals surface area contributed by atoms with E-state index in [-0.39, 0.29) is 12.2 Å². The zero-order valence-corrected chi connectivity index (χ0v) is 11.3. The van der Waals surface area contributed by atoms with E-state index in [4.69, 9.17) is 5.11 Å². The molecule has 3 heteroatoms. The Morgan fingerprint density at radius 3 is 2.35 bits per heavy atom. The highest BCUT2D eigenvalue weighted by atomic mass is 16.4. The fraction of sp³-hybridized carbons (Fsp3) is 0.176. The molecule has 0 atom stereocenters. The highest BCUT2D eigenvalue weighted by molar-refractivity contribution is 6.10. The maximum absolute atomic E-state index is 12.5. The Hall–Kier alpha value is -2.42. The fourth-order valence-corrected chi connectivity index (χ4v) is 2.17. The summed E-state index contributed by atoms with van der Waals surface area (Å²) in [5, 5.41) is 8.86. The van der Waals surface area contributed by atoms with Crippen LogP contribution in [-0.2, 0) is 17.6 Å². The molecule has 102 valence electrons. The maximum Gasteiger partial charge on any atom is 0.307 e. The Labute approximate surface area is 117 Å². The number of carboxylic acid groups (broad SMARTS) is 1. The molecule has 3 nitrogen and oxygen atoms in total. The number of rotatable bonds is 5. The van der Waals surface area contributed by atoms with Crippen LogP contribution in [0.2, 0.25) is 0 Å². The molecular weight excluding hydrogens is 252 g/mol. The van der Waals surface area contributed by atoms with Crippen molar-refractivity contribution in [3.8, 4) is 0 Å². The normalized spacial score (nSPS) is 10.2. The van der Waals surface area contributed by atoms with Gasteiger partial charge in [0.2, 0.25) is 0 Å². The summed E-state index contributed by atoms with van der Waals surface area (Å²) in [6, 6.07) is 14.3. The van der Waals surface area contributed by atoms with Crippen LogP contribution in [0.1, 0.15) is 34.0 Å². The van der Waals surface area contributed by atoms with Gasteiger partial charge < -0.3 is 5.11 Å². The average molecular weight is 268 g/mol. The zero-order valence-electron chi connectivity index (χ0n) is 11.3. The Bertz CT molecular complexity index is 630. The lowest BCUT2D eigenvalue weighted by Gasteiger charge is -2.09. The monoisotopic (exact) mass is 268 g/mol. The summed E-state index contributed by atoms with van der Waals surface area (Å²) in [6.45, 7) is 1.98. The number of carbonyl (C=O) groups excluding carboxylic acids is 1. The molecule has 0 saturated carbocycles. The van der Waals surface area contributed by atoms with E-state index in [1.165, 1.54) is 0 Å². The lowest BCUT2D eigenvalue weighted by Crippen LogP contribution is -2.08. The van der Waals surface area contributed by atoms with Gasteiger partial charge in [-0.25, -0.2) is 0 Å². The van der Waals surface area contributed by atoms with Gasteiger partial charge in [0.1, 0.15) is 0 Å². The molecule has 0 aliphatic carbocycles. The second-order valence-electron chi connectivity index (χ2n) is 4.61. The van der Waals surface area contributed by atoms with Crippen LogP contribution in [0.25, 0.3) is 0 Å². The fourth-order valence-electron chi connectivity index (χ4n) is 2.17. The Balaban J connectivity index is 2.43. The summed E-state index contributed by atoms with van der Waals surface area (Å²) < 4.78 is 0. The predicted molar refractivity (Wildman–Crippen MR) is 77.0 cm³/mol. The molecule has 2 aromatic rings. The molecule has 0 amide bonds. The number of benzene rings is 2. The van der Waals surface area contributed by atoms with E-state index in [1.54, 1.807) is 24.3 Å². The molecule has 0 spiro atoms. The SMILES string of the molecule is CCc1ccc(CC(=O)O)cc1C(=O)c1ccccc1. The van der Waals surface area contributed by atoms with Crippen LogP contribution in [0.4, 0.5) is 0 Å². The highest BCUT2D eigenvalue weighted by Gasteiger charge is 2.14. The van der Waals surface area contributed by atoms with Gasteiger partial charge >= 0.3 is 5.97 Å². The van der Waals surface area contributed by atoms with Crippen molar-refractivity contribution in [3.63, 3.8) is 0 Å². The molecule has 1 N–H and O–H groups in total. The van der Waals surface area contributed by atoms with Crippen molar-refractivity contribution in [2.75, 3.05) is 0 Å². The van der Waals surface area contributed by atoms with Gasteiger partial charge in [-0.1, -0.05) is 49.4 Å². The molecule has 0 aliphatic heterocycles. The average Bonchev–Trinajstić information content (AvgIpc) is 2.46. The molecule has 0 fully saturated rings.